The Morgan fingerprint density at radius 1 is 1.57 bits per heavy atom. The van der Waals surface area contributed by atoms with Gasteiger partial charge < -0.3 is 11.9 Å². The number of aromatic nitrogens is 1. The number of aromatic amines is 1. The minimum atomic E-state index is 0. The molecule has 0 unspecified atom stereocenters. The smallest absolute Gasteiger partial charge is 0.484 e. The van der Waals surface area contributed by atoms with Gasteiger partial charge in [-0.3, -0.25) is 6.58 Å². The van der Waals surface area contributed by atoms with E-state index in [9.17, 15) is 0 Å². The molecule has 1 N–H and O–H groups in total. The van der Waals surface area contributed by atoms with Crippen molar-refractivity contribution in [3.63, 3.8) is 0 Å². The fourth-order valence-corrected chi connectivity index (χ4v) is 0.352. The number of rotatable bonds is 1. The van der Waals surface area contributed by atoms with Crippen molar-refractivity contribution < 1.29 is 19.5 Å². The molecule has 0 aromatic carbocycles. The Morgan fingerprint density at radius 3 is 2.21 bits per heavy atom. The Labute approximate surface area is 101 Å². The Kier molecular flexibility index (Phi) is 31.0. The van der Waals surface area contributed by atoms with Crippen LogP contribution < -0.4 is 0 Å². The van der Waals surface area contributed by atoms with Gasteiger partial charge in [0.25, 0.3) is 0 Å². The van der Waals surface area contributed by atoms with Crippen LogP contribution in [0.4, 0.5) is 0 Å². The van der Waals surface area contributed by atoms with Gasteiger partial charge >= 0.3 is 19.5 Å². The van der Waals surface area contributed by atoms with Gasteiger partial charge in [-0.15, -0.1) is 6.20 Å². The third-order valence-electron chi connectivity index (χ3n) is 0.746. The summed E-state index contributed by atoms with van der Waals surface area (Å²) in [6, 6.07) is 3.71. The molecule has 0 fully saturated rings. The third kappa shape index (κ3) is 30.1. The monoisotopic (exact) mass is 278 g/mol. The zero-order chi connectivity index (χ0) is 10.4. The van der Waals surface area contributed by atoms with E-state index in [2.05, 4.69) is 18.1 Å². The molecule has 1 aromatic heterocycles. The predicted molar refractivity (Wildman–Crippen MR) is 59.0 cm³/mol. The summed E-state index contributed by atoms with van der Waals surface area (Å²) in [6.45, 7) is 12.3. The van der Waals surface area contributed by atoms with Crippen LogP contribution in [0.25, 0.3) is 0 Å². The van der Waals surface area contributed by atoms with E-state index >= 15 is 0 Å². The van der Waals surface area contributed by atoms with Gasteiger partial charge in [0.2, 0.25) is 0 Å². The van der Waals surface area contributed by atoms with E-state index in [-0.39, 0.29) is 19.5 Å². The first-order valence-corrected chi connectivity index (χ1v) is 4.28. The molecule has 2 heteroatoms. The average molecular weight is 277 g/mol. The molecule has 0 atom stereocenters. The van der Waals surface area contributed by atoms with E-state index in [0.717, 1.165) is 6.42 Å². The van der Waals surface area contributed by atoms with E-state index in [1.165, 1.54) is 6.08 Å². The topological polar surface area (TPSA) is 15.8 Å². The van der Waals surface area contributed by atoms with Crippen molar-refractivity contribution in [2.75, 3.05) is 0 Å². The summed E-state index contributed by atoms with van der Waals surface area (Å²) in [5, 5.41) is 0. The van der Waals surface area contributed by atoms with Gasteiger partial charge in [-0.25, -0.2) is 12.2 Å². The first kappa shape index (κ1) is 19.0. The normalized spacial score (nSPS) is 7.36. The fraction of sp³-hybridized carbons (Fsp3) is 0.250. The Morgan fingerprint density at radius 2 is 2.14 bits per heavy atom. The summed E-state index contributed by atoms with van der Waals surface area (Å²) < 4.78 is 0. The second-order valence-corrected chi connectivity index (χ2v) is 2.03. The summed E-state index contributed by atoms with van der Waals surface area (Å²) in [5.74, 6) is 0. The molecule has 0 aliphatic rings. The fourth-order valence-electron chi connectivity index (χ4n) is 0.352. The molecule has 0 saturated carbocycles. The van der Waals surface area contributed by atoms with Crippen LogP contribution in [0.1, 0.15) is 20.3 Å². The first-order valence-electron chi connectivity index (χ1n) is 4.28. The molecule has 1 rings (SSSR count). The molecule has 1 nitrogen and oxygen atoms in total. The minimum Gasteiger partial charge on any atom is -0.484 e. The van der Waals surface area contributed by atoms with Gasteiger partial charge in [0.05, 0.1) is 0 Å². The molecule has 0 aliphatic heterocycles. The van der Waals surface area contributed by atoms with Crippen LogP contribution in [-0.2, 0) is 19.5 Å². The SMILES string of the molecule is [CH-]=CC=CC.[CH2-]CC.[Ru+3].[c-]1ccc[nH]1. The number of hydrogen-bond acceptors (Lipinski definition) is 0. The van der Waals surface area contributed by atoms with Crippen LogP contribution in [0.2, 0.25) is 0 Å². The summed E-state index contributed by atoms with van der Waals surface area (Å²) >= 11 is 0. The van der Waals surface area contributed by atoms with Gasteiger partial charge in [-0.2, -0.15) is 30.8 Å². The van der Waals surface area contributed by atoms with E-state index in [4.69, 9.17) is 6.58 Å². The Balaban J connectivity index is -0.000000130. The van der Waals surface area contributed by atoms with Crippen molar-refractivity contribution in [2.24, 2.45) is 0 Å². The van der Waals surface area contributed by atoms with Crippen molar-refractivity contribution in [2.45, 2.75) is 20.3 Å². The zero-order valence-electron chi connectivity index (χ0n) is 8.81. The largest absolute Gasteiger partial charge is 3.00 e. The van der Waals surface area contributed by atoms with Gasteiger partial charge in [0.15, 0.2) is 0 Å². The number of hydrogen-bond donors (Lipinski definition) is 1. The number of H-pyrrole nitrogens is 1. The molecule has 14 heavy (non-hydrogen) atoms. The van der Waals surface area contributed by atoms with E-state index in [0.29, 0.717) is 0 Å². The zero-order valence-corrected chi connectivity index (χ0v) is 10.5. The van der Waals surface area contributed by atoms with Gasteiger partial charge in [-0.1, -0.05) is 13.8 Å². The Hall–Kier alpha value is -0.617. The Bertz CT molecular complexity index is 161. The molecule has 1 heterocycles. The second kappa shape index (κ2) is 22.8. The van der Waals surface area contributed by atoms with Crippen LogP contribution in [0.5, 0.6) is 0 Å². The van der Waals surface area contributed by atoms with Crippen LogP contribution in [0.3, 0.4) is 0 Å². The molecule has 0 bridgehead atoms. The van der Waals surface area contributed by atoms with Crippen molar-refractivity contribution in [1.29, 1.82) is 0 Å². The average Bonchev–Trinajstić information content (AvgIpc) is 2.64. The second-order valence-electron chi connectivity index (χ2n) is 2.03. The predicted octanol–water partition coefficient (Wildman–Crippen LogP) is 3.59. The molecule has 79 valence electrons. The number of nitrogens with one attached hydrogen (secondary N) is 1. The van der Waals surface area contributed by atoms with Crippen molar-refractivity contribution in [1.82, 2.24) is 4.98 Å². The molecule has 1 aromatic rings. The van der Waals surface area contributed by atoms with Crippen LogP contribution in [0.15, 0.2) is 36.6 Å². The number of allylic oxidation sites excluding steroid dienone is 3. The van der Waals surface area contributed by atoms with Crippen molar-refractivity contribution in [3.8, 4) is 0 Å². The van der Waals surface area contributed by atoms with Crippen LogP contribution in [-0.4, -0.2) is 4.98 Å². The van der Waals surface area contributed by atoms with Gasteiger partial charge in [-0.05, 0) is 0 Å². The van der Waals surface area contributed by atoms with E-state index in [1.54, 1.807) is 6.08 Å². The van der Waals surface area contributed by atoms with Crippen molar-refractivity contribution in [3.05, 3.63) is 56.3 Å². The maximum Gasteiger partial charge on any atom is 3.00 e. The molecule has 0 saturated heterocycles. The molecule has 0 aliphatic carbocycles. The quantitative estimate of drug-likeness (QED) is 0.459. The third-order valence-corrected chi connectivity index (χ3v) is 0.746. The van der Waals surface area contributed by atoms with E-state index in [1.807, 2.05) is 38.3 Å². The summed E-state index contributed by atoms with van der Waals surface area (Å²) in [7, 11) is 0. The molecule has 1 radical (unpaired) electrons. The van der Waals surface area contributed by atoms with Gasteiger partial charge in [0, 0.05) is 0 Å². The van der Waals surface area contributed by atoms with Gasteiger partial charge in [0.1, 0.15) is 0 Å². The van der Waals surface area contributed by atoms with Crippen LogP contribution in [0, 0.1) is 19.7 Å². The maximum atomic E-state index is 4.93. The summed E-state index contributed by atoms with van der Waals surface area (Å²) in [6.07, 6.45) is 10.7. The minimum absolute atomic E-state index is 0. The first-order chi connectivity index (χ1) is 6.33. The van der Waals surface area contributed by atoms with Crippen molar-refractivity contribution >= 4 is 0 Å². The standard InChI is InChI=1S/C5H7.C4H4N.C3H7.Ru/c1-3-5-4-2;1-2-4-5-3-1;1-3-2;/h1,3-5H,2H3;1-3,5H;1,3H2,2H3;/q3*-1;+3. The molecule has 0 amide bonds. The summed E-state index contributed by atoms with van der Waals surface area (Å²) in [4.78, 5) is 2.74. The molecular weight excluding hydrogens is 259 g/mol. The maximum absolute atomic E-state index is 4.93. The van der Waals surface area contributed by atoms with Crippen LogP contribution >= 0.6 is 0 Å². The summed E-state index contributed by atoms with van der Waals surface area (Å²) in [5.41, 5.74) is 0. The van der Waals surface area contributed by atoms with E-state index < -0.39 is 0 Å². The molecular formula is C12H18NRu. The molecule has 0 spiro atoms.